The summed E-state index contributed by atoms with van der Waals surface area (Å²) in [6.45, 7) is 3.93. The van der Waals surface area contributed by atoms with Crippen LogP contribution in [0, 0.1) is 0 Å². The summed E-state index contributed by atoms with van der Waals surface area (Å²) in [5.41, 5.74) is 1.23. The zero-order chi connectivity index (χ0) is 11.9. The summed E-state index contributed by atoms with van der Waals surface area (Å²) in [6, 6.07) is 8.08. The van der Waals surface area contributed by atoms with Crippen LogP contribution in [0.1, 0.15) is 12.5 Å². The molecule has 0 unspecified atom stereocenters. The zero-order valence-electron chi connectivity index (χ0n) is 9.76. The number of rotatable bonds is 5. The maximum atomic E-state index is 4.43. The molecule has 2 heterocycles. The molecule has 0 amide bonds. The molecule has 0 bridgehead atoms. The van der Waals surface area contributed by atoms with Gasteiger partial charge in [-0.25, -0.2) is 4.98 Å². The molecule has 0 saturated heterocycles. The first kappa shape index (κ1) is 12.1. The van der Waals surface area contributed by atoms with Gasteiger partial charge in [0.05, 0.1) is 0 Å². The van der Waals surface area contributed by atoms with Crippen molar-refractivity contribution in [3.63, 3.8) is 0 Å². The van der Waals surface area contributed by atoms with Gasteiger partial charge in [-0.05, 0) is 30.3 Å². The molecule has 0 fully saturated rings. The number of nitrogens with zero attached hydrogens (tertiary/aromatic N) is 2. The van der Waals surface area contributed by atoms with Crippen LogP contribution >= 0.6 is 11.8 Å². The van der Waals surface area contributed by atoms with Crippen LogP contribution in [0.3, 0.4) is 0 Å². The molecular weight excluding hydrogens is 230 g/mol. The quantitative estimate of drug-likeness (QED) is 0.879. The van der Waals surface area contributed by atoms with Gasteiger partial charge in [0.15, 0.2) is 0 Å². The summed E-state index contributed by atoms with van der Waals surface area (Å²) in [7, 11) is 0. The highest BCUT2D eigenvalue weighted by atomic mass is 32.2. The van der Waals surface area contributed by atoms with Crippen molar-refractivity contribution in [2.45, 2.75) is 23.4 Å². The van der Waals surface area contributed by atoms with Gasteiger partial charge in [-0.1, -0.05) is 24.8 Å². The second-order valence-electron chi connectivity index (χ2n) is 3.53. The molecule has 0 aliphatic rings. The van der Waals surface area contributed by atoms with Gasteiger partial charge in [0.2, 0.25) is 0 Å². The summed E-state index contributed by atoms with van der Waals surface area (Å²) in [5, 5.41) is 4.38. The first-order chi connectivity index (χ1) is 8.40. The molecule has 0 aliphatic heterocycles. The summed E-state index contributed by atoms with van der Waals surface area (Å²) in [5.74, 6) is 0. The number of pyridine rings is 2. The smallest absolute Gasteiger partial charge is 0.105 e. The Balaban J connectivity index is 2.15. The summed E-state index contributed by atoms with van der Waals surface area (Å²) < 4.78 is 0. The van der Waals surface area contributed by atoms with Crippen molar-refractivity contribution < 1.29 is 0 Å². The Labute approximate surface area is 106 Å². The number of aromatic nitrogens is 2. The largest absolute Gasteiger partial charge is 0.313 e. The Hall–Kier alpha value is -1.39. The Kier molecular flexibility index (Phi) is 4.53. The van der Waals surface area contributed by atoms with E-state index in [0.29, 0.717) is 0 Å². The van der Waals surface area contributed by atoms with Crippen molar-refractivity contribution in [2.75, 3.05) is 6.54 Å². The third kappa shape index (κ3) is 3.54. The van der Waals surface area contributed by atoms with Gasteiger partial charge in [-0.2, -0.15) is 0 Å². The van der Waals surface area contributed by atoms with E-state index in [-0.39, 0.29) is 0 Å². The SMILES string of the molecule is CCNCc1cccnc1Sc1ccncc1. The van der Waals surface area contributed by atoms with Gasteiger partial charge < -0.3 is 5.32 Å². The van der Waals surface area contributed by atoms with Crippen molar-refractivity contribution in [2.24, 2.45) is 0 Å². The average Bonchev–Trinajstić information content (AvgIpc) is 2.39. The van der Waals surface area contributed by atoms with Gasteiger partial charge in [0, 0.05) is 30.0 Å². The molecule has 2 aromatic rings. The van der Waals surface area contributed by atoms with Gasteiger partial charge in [0.1, 0.15) is 5.03 Å². The highest BCUT2D eigenvalue weighted by Gasteiger charge is 2.04. The molecule has 2 rings (SSSR count). The molecule has 1 N–H and O–H groups in total. The Morgan fingerprint density at radius 1 is 1.18 bits per heavy atom. The van der Waals surface area contributed by atoms with Gasteiger partial charge >= 0.3 is 0 Å². The molecule has 88 valence electrons. The van der Waals surface area contributed by atoms with Crippen LogP contribution in [-0.2, 0) is 6.54 Å². The molecule has 0 aliphatic carbocycles. The lowest BCUT2D eigenvalue weighted by Crippen LogP contribution is -2.12. The Morgan fingerprint density at radius 3 is 2.76 bits per heavy atom. The minimum absolute atomic E-state index is 0.859. The number of hydrogen-bond acceptors (Lipinski definition) is 4. The maximum absolute atomic E-state index is 4.43. The van der Waals surface area contributed by atoms with E-state index in [2.05, 4.69) is 28.3 Å². The number of nitrogens with one attached hydrogen (secondary N) is 1. The molecule has 0 spiro atoms. The van der Waals surface area contributed by atoms with E-state index in [1.54, 1.807) is 24.2 Å². The van der Waals surface area contributed by atoms with Crippen LogP contribution in [0.25, 0.3) is 0 Å². The van der Waals surface area contributed by atoms with Gasteiger partial charge in [-0.3, -0.25) is 4.98 Å². The third-order valence-electron chi connectivity index (χ3n) is 2.28. The fourth-order valence-corrected chi connectivity index (χ4v) is 2.29. The standard InChI is InChI=1S/C13H15N3S/c1-2-14-10-11-4-3-7-16-13(11)17-12-5-8-15-9-6-12/h3-9,14H,2,10H2,1H3. The fourth-order valence-electron chi connectivity index (χ4n) is 1.43. The van der Waals surface area contributed by atoms with Gasteiger partial charge in [-0.15, -0.1) is 0 Å². The van der Waals surface area contributed by atoms with Crippen molar-refractivity contribution in [3.8, 4) is 0 Å². The van der Waals surface area contributed by atoms with Crippen molar-refractivity contribution in [3.05, 3.63) is 48.4 Å². The summed E-state index contributed by atoms with van der Waals surface area (Å²) >= 11 is 1.67. The Bertz CT molecular complexity index is 459. The summed E-state index contributed by atoms with van der Waals surface area (Å²) in [6.07, 6.45) is 5.43. The fraction of sp³-hybridized carbons (Fsp3) is 0.231. The van der Waals surface area contributed by atoms with Crippen LogP contribution < -0.4 is 5.32 Å². The molecule has 0 atom stereocenters. The van der Waals surface area contributed by atoms with Crippen LogP contribution in [0.5, 0.6) is 0 Å². The van der Waals surface area contributed by atoms with Crippen LogP contribution in [-0.4, -0.2) is 16.5 Å². The molecule has 0 saturated carbocycles. The first-order valence-corrected chi connectivity index (χ1v) is 6.44. The predicted octanol–water partition coefficient (Wildman–Crippen LogP) is 2.74. The number of hydrogen-bond donors (Lipinski definition) is 1. The minimum Gasteiger partial charge on any atom is -0.313 e. The zero-order valence-corrected chi connectivity index (χ0v) is 10.6. The summed E-state index contributed by atoms with van der Waals surface area (Å²) in [4.78, 5) is 9.61. The van der Waals surface area contributed by atoms with Crippen molar-refractivity contribution in [1.82, 2.24) is 15.3 Å². The van der Waals surface area contributed by atoms with Gasteiger partial charge in [0.25, 0.3) is 0 Å². The molecule has 17 heavy (non-hydrogen) atoms. The molecule has 0 radical (unpaired) electrons. The lowest BCUT2D eigenvalue weighted by atomic mass is 10.3. The topological polar surface area (TPSA) is 37.8 Å². The van der Waals surface area contributed by atoms with E-state index in [9.17, 15) is 0 Å². The first-order valence-electron chi connectivity index (χ1n) is 5.62. The normalized spacial score (nSPS) is 10.4. The molecule has 2 aromatic heterocycles. The lowest BCUT2D eigenvalue weighted by Gasteiger charge is -2.07. The highest BCUT2D eigenvalue weighted by molar-refractivity contribution is 7.99. The van der Waals surface area contributed by atoms with E-state index in [1.807, 2.05) is 24.4 Å². The molecule has 4 heteroatoms. The van der Waals surface area contributed by atoms with E-state index in [0.717, 1.165) is 23.0 Å². The lowest BCUT2D eigenvalue weighted by molar-refractivity contribution is 0.711. The minimum atomic E-state index is 0.859. The van der Waals surface area contributed by atoms with Crippen LogP contribution in [0.15, 0.2) is 52.8 Å². The average molecular weight is 245 g/mol. The maximum Gasteiger partial charge on any atom is 0.105 e. The third-order valence-corrected chi connectivity index (χ3v) is 3.35. The van der Waals surface area contributed by atoms with E-state index in [1.165, 1.54) is 5.56 Å². The van der Waals surface area contributed by atoms with Crippen LogP contribution in [0.4, 0.5) is 0 Å². The van der Waals surface area contributed by atoms with E-state index >= 15 is 0 Å². The van der Waals surface area contributed by atoms with Crippen LogP contribution in [0.2, 0.25) is 0 Å². The van der Waals surface area contributed by atoms with E-state index in [4.69, 9.17) is 0 Å². The second kappa shape index (κ2) is 6.37. The highest BCUT2D eigenvalue weighted by Crippen LogP contribution is 2.27. The van der Waals surface area contributed by atoms with Crippen molar-refractivity contribution >= 4 is 11.8 Å². The Morgan fingerprint density at radius 2 is 2.00 bits per heavy atom. The molecular formula is C13H15N3S. The monoisotopic (exact) mass is 245 g/mol. The predicted molar refractivity (Wildman–Crippen MR) is 70.0 cm³/mol. The van der Waals surface area contributed by atoms with Crippen molar-refractivity contribution in [1.29, 1.82) is 0 Å². The second-order valence-corrected chi connectivity index (χ2v) is 4.60. The van der Waals surface area contributed by atoms with E-state index < -0.39 is 0 Å². The molecule has 3 nitrogen and oxygen atoms in total. The molecule has 0 aromatic carbocycles.